The summed E-state index contributed by atoms with van der Waals surface area (Å²) in [5, 5.41) is 14.2. The average Bonchev–Trinajstić information content (AvgIpc) is 3.46. The van der Waals surface area contributed by atoms with Gasteiger partial charge in [-0.3, -0.25) is 4.79 Å². The minimum absolute atomic E-state index is 0.0288. The largest absolute Gasteiger partial charge is 0.481 e. The fourth-order valence-electron chi connectivity index (χ4n) is 7.24. The van der Waals surface area contributed by atoms with E-state index in [1.807, 2.05) is 25.1 Å². The van der Waals surface area contributed by atoms with Crippen molar-refractivity contribution < 1.29 is 18.3 Å². The quantitative estimate of drug-likeness (QED) is 0.197. The molecule has 2 unspecified atom stereocenters. The summed E-state index contributed by atoms with van der Waals surface area (Å²) >= 11 is 0. The Kier molecular flexibility index (Phi) is 7.62. The highest BCUT2D eigenvalue weighted by molar-refractivity contribution is 7.90. The number of carboxylic acid groups (broad SMARTS) is 1. The molecule has 3 saturated carbocycles. The van der Waals surface area contributed by atoms with Crippen molar-refractivity contribution in [2.75, 3.05) is 5.32 Å². The van der Waals surface area contributed by atoms with Crippen molar-refractivity contribution in [1.29, 1.82) is 0 Å². The second kappa shape index (κ2) is 11.6. The second-order valence-corrected chi connectivity index (χ2v) is 15.7. The highest BCUT2D eigenvalue weighted by atomic mass is 32.2. The minimum Gasteiger partial charge on any atom is -0.481 e. The lowest BCUT2D eigenvalue weighted by Crippen LogP contribution is -2.51. The lowest BCUT2D eigenvalue weighted by Gasteiger charge is -2.47. The third-order valence-electron chi connectivity index (χ3n) is 9.85. The Balaban J connectivity index is 1.38. The zero-order chi connectivity index (χ0) is 33.1. The van der Waals surface area contributed by atoms with Crippen LogP contribution in [0.1, 0.15) is 57.6 Å². The lowest BCUT2D eigenvalue weighted by atomic mass is 9.61. The van der Waals surface area contributed by atoms with Gasteiger partial charge in [-0.2, -0.15) is 0 Å². The van der Waals surface area contributed by atoms with Crippen LogP contribution < -0.4 is 5.32 Å². The molecule has 0 amide bonds. The Morgan fingerprint density at radius 1 is 0.957 bits per heavy atom. The molecule has 5 aromatic rings. The second-order valence-electron chi connectivity index (χ2n) is 13.9. The van der Waals surface area contributed by atoms with Gasteiger partial charge in [-0.05, 0) is 67.6 Å². The first-order valence-corrected chi connectivity index (χ1v) is 17.5. The van der Waals surface area contributed by atoms with E-state index >= 15 is 0 Å². The van der Waals surface area contributed by atoms with E-state index in [9.17, 15) is 18.3 Å². The molecule has 10 nitrogen and oxygen atoms in total. The highest BCUT2D eigenvalue weighted by Gasteiger charge is 2.47. The molecular weight excluding hydrogens is 613 g/mol. The zero-order valence-corrected chi connectivity index (χ0v) is 27.7. The average molecular weight is 651 g/mol. The fraction of sp³-hybridized carbons (Fsp3) is 0.361. The van der Waals surface area contributed by atoms with Crippen molar-refractivity contribution in [3.63, 3.8) is 0 Å². The molecule has 8 rings (SSSR count). The number of fused-ring (bicyclic) bond motifs is 4. The predicted molar refractivity (Wildman–Crippen MR) is 180 cm³/mol. The van der Waals surface area contributed by atoms with Crippen LogP contribution in [0.25, 0.3) is 33.7 Å². The summed E-state index contributed by atoms with van der Waals surface area (Å²) in [4.78, 5) is 31.0. The zero-order valence-electron chi connectivity index (χ0n) is 26.9. The molecule has 0 radical (unpaired) electrons. The normalized spacial score (nSPS) is 21.2. The van der Waals surface area contributed by atoms with Crippen molar-refractivity contribution in [3.8, 4) is 22.6 Å². The van der Waals surface area contributed by atoms with Crippen molar-refractivity contribution in [2.45, 2.75) is 69.7 Å². The SMILES string of the molecule is Cc1ccc(S(=O)(=O)n2cc(-c3nc(NC4C5CCC(CC5)C4C(=O)O)cc(-c4ccc(C(C)(C)C)cc4)n3)c3cncnc32)cc1. The topological polar surface area (TPSA) is 140 Å². The summed E-state index contributed by atoms with van der Waals surface area (Å²) < 4.78 is 29.0. The van der Waals surface area contributed by atoms with Gasteiger partial charge in [-0.25, -0.2) is 32.3 Å². The van der Waals surface area contributed by atoms with Gasteiger partial charge in [0.1, 0.15) is 12.1 Å². The van der Waals surface area contributed by atoms with Crippen LogP contribution in [-0.4, -0.2) is 49.4 Å². The number of nitrogens with zero attached hydrogens (tertiary/aromatic N) is 5. The maximum Gasteiger partial charge on any atom is 0.308 e. The number of hydrogen-bond donors (Lipinski definition) is 2. The number of nitrogens with one attached hydrogen (secondary N) is 1. The number of hydrogen-bond acceptors (Lipinski definition) is 8. The molecule has 3 fully saturated rings. The first-order valence-electron chi connectivity index (χ1n) is 16.0. The number of anilines is 1. The Bertz CT molecular complexity index is 2080. The summed E-state index contributed by atoms with van der Waals surface area (Å²) in [7, 11) is -4.02. The molecule has 3 heterocycles. The van der Waals surface area contributed by atoms with Crippen LogP contribution in [0.4, 0.5) is 5.82 Å². The molecule has 2 atom stereocenters. The van der Waals surface area contributed by atoms with Gasteiger partial charge in [0.15, 0.2) is 11.5 Å². The van der Waals surface area contributed by atoms with E-state index in [-0.39, 0.29) is 39.7 Å². The molecule has 11 heteroatoms. The Hall–Kier alpha value is -4.64. The molecule has 0 saturated heterocycles. The van der Waals surface area contributed by atoms with Crippen molar-refractivity contribution in [1.82, 2.24) is 23.9 Å². The van der Waals surface area contributed by atoms with Gasteiger partial charge in [-0.15, -0.1) is 0 Å². The van der Waals surface area contributed by atoms with Crippen molar-refractivity contribution in [2.24, 2.45) is 17.8 Å². The van der Waals surface area contributed by atoms with Crippen LogP contribution in [0.15, 0.2) is 78.2 Å². The van der Waals surface area contributed by atoms with Gasteiger partial charge in [0.05, 0.1) is 16.5 Å². The number of benzene rings is 2. The summed E-state index contributed by atoms with van der Waals surface area (Å²) in [6.45, 7) is 8.38. The Labute approximate surface area is 274 Å². The summed E-state index contributed by atoms with van der Waals surface area (Å²) in [5.74, 6) is -0.161. The molecule has 2 aromatic carbocycles. The third-order valence-corrected chi connectivity index (χ3v) is 11.5. The monoisotopic (exact) mass is 650 g/mol. The van der Waals surface area contributed by atoms with Crippen LogP contribution in [0.2, 0.25) is 0 Å². The number of aromatic nitrogens is 5. The Morgan fingerprint density at radius 2 is 1.64 bits per heavy atom. The summed E-state index contributed by atoms with van der Waals surface area (Å²) in [6.07, 6.45) is 8.20. The van der Waals surface area contributed by atoms with Gasteiger partial charge in [-0.1, -0.05) is 62.7 Å². The number of carbonyl (C=O) groups is 1. The molecule has 0 spiro atoms. The predicted octanol–water partition coefficient (Wildman–Crippen LogP) is 6.70. The van der Waals surface area contributed by atoms with E-state index in [1.165, 1.54) is 18.1 Å². The number of aryl methyl sites for hydroxylation is 1. The third kappa shape index (κ3) is 5.66. The molecule has 2 bridgehead atoms. The van der Waals surface area contributed by atoms with Gasteiger partial charge in [0.25, 0.3) is 10.0 Å². The number of aliphatic carboxylic acids is 1. The minimum atomic E-state index is -4.02. The molecule has 3 aliphatic carbocycles. The molecule has 47 heavy (non-hydrogen) atoms. The van der Waals surface area contributed by atoms with E-state index in [0.29, 0.717) is 22.5 Å². The maximum atomic E-state index is 13.9. The van der Waals surface area contributed by atoms with Crippen LogP contribution in [0.5, 0.6) is 0 Å². The van der Waals surface area contributed by atoms with Crippen LogP contribution >= 0.6 is 0 Å². The lowest BCUT2D eigenvalue weighted by molar-refractivity contribution is -0.148. The van der Waals surface area contributed by atoms with Crippen molar-refractivity contribution >= 4 is 32.8 Å². The smallest absolute Gasteiger partial charge is 0.308 e. The van der Waals surface area contributed by atoms with E-state index < -0.39 is 21.9 Å². The van der Waals surface area contributed by atoms with E-state index in [0.717, 1.165) is 40.8 Å². The number of carboxylic acids is 1. The van der Waals surface area contributed by atoms with E-state index in [1.54, 1.807) is 30.5 Å². The molecule has 242 valence electrons. The first kappa shape index (κ1) is 31.0. The molecular formula is C36H38N6O4S. The molecule has 2 N–H and O–H groups in total. The Morgan fingerprint density at radius 3 is 2.30 bits per heavy atom. The van der Waals surface area contributed by atoms with Crippen LogP contribution in [0, 0.1) is 24.7 Å². The molecule has 3 aromatic heterocycles. The van der Waals surface area contributed by atoms with Gasteiger partial charge in [0.2, 0.25) is 0 Å². The molecule has 0 aliphatic heterocycles. The van der Waals surface area contributed by atoms with Gasteiger partial charge in [0, 0.05) is 41.0 Å². The summed E-state index contributed by atoms with van der Waals surface area (Å²) in [5.41, 5.74) is 4.25. The molecule has 3 aliphatic rings. The van der Waals surface area contributed by atoms with E-state index in [4.69, 9.17) is 9.97 Å². The first-order chi connectivity index (χ1) is 22.4. The number of rotatable bonds is 7. The van der Waals surface area contributed by atoms with Gasteiger partial charge >= 0.3 is 5.97 Å². The van der Waals surface area contributed by atoms with E-state index in [2.05, 4.69) is 48.2 Å². The standard InChI is InChI=1S/C36H38N6O4S/c1-21-5-15-26(16-6-21)47(45,46)42-19-28(27-18-37-20-38-34(27)42)33-39-29(22-11-13-25(14-12-22)36(2,3)4)17-30(41-33)40-32-24-9-7-23(8-10-24)31(32)35(43)44/h5-6,11-20,23-24,31-32H,7-10H2,1-4H3,(H,43,44)(H,39,40,41). The van der Waals surface area contributed by atoms with Crippen molar-refractivity contribution in [3.05, 3.63) is 84.4 Å². The van der Waals surface area contributed by atoms with Crippen LogP contribution in [0.3, 0.4) is 0 Å². The highest BCUT2D eigenvalue weighted by Crippen LogP contribution is 2.46. The van der Waals surface area contributed by atoms with Gasteiger partial charge < -0.3 is 10.4 Å². The summed E-state index contributed by atoms with van der Waals surface area (Å²) in [6, 6.07) is 16.5. The maximum absolute atomic E-state index is 13.9. The van der Waals surface area contributed by atoms with Crippen LogP contribution in [-0.2, 0) is 20.2 Å². The fourth-order valence-corrected chi connectivity index (χ4v) is 8.56.